The fourth-order valence-corrected chi connectivity index (χ4v) is 5.36. The molecule has 0 bridgehead atoms. The molecule has 5 rings (SSSR count). The molecule has 0 spiro atoms. The van der Waals surface area contributed by atoms with Crippen LogP contribution in [-0.4, -0.2) is 3.81 Å². The quantitative estimate of drug-likeness (QED) is 0.355. The minimum atomic E-state index is 0. The summed E-state index contributed by atoms with van der Waals surface area (Å²) in [6, 6.07) is 9.08. The summed E-state index contributed by atoms with van der Waals surface area (Å²) in [6.07, 6.45) is 24.6. The van der Waals surface area contributed by atoms with E-state index >= 15 is 0 Å². The standard InChI is InChI=1S/2C13H15.C6H10.2ClH.Ti/c2*1-10-8-11-6-4-5-7-13(2,3)12(11)9-10;1-2-4-6-5-3-1;;;/h2*4-9H,1-3H3;1-5H2;2*1H;/q2*-1;;;;+2/p-2. The second-order valence-electron chi connectivity index (χ2n) is 10.8. The molecule has 0 saturated heterocycles. The van der Waals surface area contributed by atoms with Crippen LogP contribution in [0.5, 0.6) is 0 Å². The van der Waals surface area contributed by atoms with Crippen molar-refractivity contribution in [1.29, 1.82) is 0 Å². The maximum absolute atomic E-state index is 2.29. The van der Waals surface area contributed by atoms with Gasteiger partial charge in [-0.15, -0.1) is 47.6 Å². The van der Waals surface area contributed by atoms with Gasteiger partial charge in [0.2, 0.25) is 0 Å². The monoisotopic (exact) mass is 542 g/mol. The molecular weight excluding hydrogens is 503 g/mol. The fraction of sp³-hybridized carbons (Fsp3) is 0.406. The summed E-state index contributed by atoms with van der Waals surface area (Å²) in [5.41, 5.74) is 8.68. The van der Waals surface area contributed by atoms with Crippen molar-refractivity contribution in [2.45, 2.75) is 84.5 Å². The Morgan fingerprint density at radius 1 is 0.657 bits per heavy atom. The van der Waals surface area contributed by atoms with Gasteiger partial charge in [0, 0.05) is 0 Å². The van der Waals surface area contributed by atoms with Gasteiger partial charge in [-0.2, -0.15) is 34.4 Å². The molecule has 0 nitrogen and oxygen atoms in total. The van der Waals surface area contributed by atoms with Gasteiger partial charge in [0.25, 0.3) is 0 Å². The van der Waals surface area contributed by atoms with E-state index in [1.165, 1.54) is 65.5 Å². The predicted octanol–water partition coefficient (Wildman–Crippen LogP) is 2.83. The molecule has 0 atom stereocenters. The van der Waals surface area contributed by atoms with E-state index in [0.29, 0.717) is 0 Å². The van der Waals surface area contributed by atoms with E-state index in [2.05, 4.69) is 134 Å². The minimum absolute atomic E-state index is 0. The zero-order valence-corrected chi connectivity index (χ0v) is 25.3. The third-order valence-electron chi connectivity index (χ3n) is 6.78. The van der Waals surface area contributed by atoms with E-state index < -0.39 is 0 Å². The molecule has 2 aromatic rings. The van der Waals surface area contributed by atoms with Crippen LogP contribution >= 0.6 is 0 Å². The fourth-order valence-electron chi connectivity index (χ4n) is 4.81. The van der Waals surface area contributed by atoms with Gasteiger partial charge in [-0.3, -0.25) is 0 Å². The number of allylic oxidation sites excluding steroid dienone is 6. The number of hydrogen-bond donors (Lipinski definition) is 0. The van der Waals surface area contributed by atoms with Gasteiger partial charge in [0.1, 0.15) is 0 Å². The summed E-state index contributed by atoms with van der Waals surface area (Å²) in [6.45, 7) is 13.3. The number of halogens is 2. The van der Waals surface area contributed by atoms with Crippen LogP contribution in [0.2, 0.25) is 0 Å². The van der Waals surface area contributed by atoms with Crippen molar-refractivity contribution >= 4 is 16.0 Å². The SMILES string of the molecule is Cc1cc2c([cH-]1)C=CC=CC2(C)C.Cc1cc2c([cH-]1)C=CC=CC2(C)C.[Cl-].[Cl-].[Ti+2]=[C]1CCCCC1. The van der Waals surface area contributed by atoms with Crippen LogP contribution in [0.4, 0.5) is 0 Å². The second kappa shape index (κ2) is 13.9. The molecule has 3 aliphatic rings. The van der Waals surface area contributed by atoms with Crippen molar-refractivity contribution in [2.24, 2.45) is 0 Å². The van der Waals surface area contributed by atoms with Crippen LogP contribution in [-0.2, 0) is 30.8 Å². The van der Waals surface area contributed by atoms with Crippen LogP contribution in [0.25, 0.3) is 12.2 Å². The second-order valence-corrected chi connectivity index (χ2v) is 12.0. The average Bonchev–Trinajstić information content (AvgIpc) is 3.25. The molecule has 0 amide bonds. The number of hydrogen-bond acceptors (Lipinski definition) is 0. The van der Waals surface area contributed by atoms with Crippen molar-refractivity contribution in [3.8, 4) is 0 Å². The molecule has 0 aromatic heterocycles. The molecule has 3 aliphatic carbocycles. The van der Waals surface area contributed by atoms with Crippen LogP contribution < -0.4 is 24.8 Å². The normalized spacial score (nSPS) is 18.2. The van der Waals surface area contributed by atoms with E-state index in [0.717, 1.165) is 0 Å². The third-order valence-corrected chi connectivity index (χ3v) is 7.56. The van der Waals surface area contributed by atoms with E-state index in [4.69, 9.17) is 0 Å². The Morgan fingerprint density at radius 2 is 1.06 bits per heavy atom. The van der Waals surface area contributed by atoms with Gasteiger partial charge < -0.3 is 24.8 Å². The van der Waals surface area contributed by atoms with Gasteiger partial charge in [-0.05, 0) is 10.8 Å². The van der Waals surface area contributed by atoms with Crippen molar-refractivity contribution < 1.29 is 44.8 Å². The molecule has 2 aromatic carbocycles. The van der Waals surface area contributed by atoms with E-state index in [1.54, 1.807) is 3.81 Å². The summed E-state index contributed by atoms with van der Waals surface area (Å²) < 4.78 is 1.71. The zero-order chi connectivity index (χ0) is 24.1. The molecular formula is C32H40Cl2Ti-2. The van der Waals surface area contributed by atoms with Crippen molar-refractivity contribution in [2.75, 3.05) is 0 Å². The maximum atomic E-state index is 2.29. The van der Waals surface area contributed by atoms with Crippen LogP contribution in [0.15, 0.2) is 60.7 Å². The number of aryl methyl sites for hydroxylation is 2. The van der Waals surface area contributed by atoms with Crippen molar-refractivity contribution in [3.63, 3.8) is 0 Å². The molecule has 188 valence electrons. The summed E-state index contributed by atoms with van der Waals surface area (Å²) in [4.78, 5) is 0. The summed E-state index contributed by atoms with van der Waals surface area (Å²) in [7, 11) is 0. The van der Waals surface area contributed by atoms with Gasteiger partial charge in [-0.25, -0.2) is 0 Å². The molecule has 0 radical (unpaired) electrons. The molecule has 1 fully saturated rings. The van der Waals surface area contributed by atoms with Gasteiger partial charge in [-0.1, -0.05) is 65.8 Å². The first-order valence-electron chi connectivity index (χ1n) is 12.4. The van der Waals surface area contributed by atoms with Gasteiger partial charge >= 0.3 is 55.9 Å². The Balaban J connectivity index is 0.000000266. The Kier molecular flexibility index (Phi) is 12.7. The van der Waals surface area contributed by atoms with Crippen LogP contribution in [0, 0.1) is 13.8 Å². The summed E-state index contributed by atoms with van der Waals surface area (Å²) >= 11 is 2.28. The zero-order valence-electron chi connectivity index (χ0n) is 22.2. The first kappa shape index (κ1) is 31.9. The molecule has 0 unspecified atom stereocenters. The van der Waals surface area contributed by atoms with Crippen molar-refractivity contribution in [1.82, 2.24) is 0 Å². The average molecular weight is 543 g/mol. The molecule has 0 aliphatic heterocycles. The van der Waals surface area contributed by atoms with Crippen molar-refractivity contribution in [3.05, 3.63) is 94.1 Å². The molecule has 35 heavy (non-hydrogen) atoms. The van der Waals surface area contributed by atoms with Gasteiger partial charge in [0.05, 0.1) is 0 Å². The van der Waals surface area contributed by atoms with E-state index in [9.17, 15) is 0 Å². The molecule has 0 heterocycles. The third kappa shape index (κ3) is 9.01. The first-order valence-corrected chi connectivity index (χ1v) is 13.2. The molecule has 3 heteroatoms. The molecule has 0 N–H and O–H groups in total. The number of rotatable bonds is 0. The Hall–Kier alpha value is -1.18. The Labute approximate surface area is 238 Å². The Morgan fingerprint density at radius 3 is 1.40 bits per heavy atom. The van der Waals surface area contributed by atoms with Gasteiger partial charge in [0.15, 0.2) is 0 Å². The van der Waals surface area contributed by atoms with E-state index in [-0.39, 0.29) is 35.6 Å². The Bertz CT molecular complexity index is 999. The summed E-state index contributed by atoms with van der Waals surface area (Å²) in [5.74, 6) is 0. The van der Waals surface area contributed by atoms with Crippen LogP contribution in [0.3, 0.4) is 0 Å². The molecule has 1 saturated carbocycles. The topological polar surface area (TPSA) is 0 Å². The summed E-state index contributed by atoms with van der Waals surface area (Å²) in [5, 5.41) is 0. The number of fused-ring (bicyclic) bond motifs is 2. The van der Waals surface area contributed by atoms with E-state index in [1.807, 2.05) is 0 Å². The van der Waals surface area contributed by atoms with Crippen LogP contribution in [0.1, 0.15) is 93.2 Å². The first-order chi connectivity index (χ1) is 15.6. The predicted molar refractivity (Wildman–Crippen MR) is 144 cm³/mol.